The average molecular weight is 284 g/mol. The highest BCUT2D eigenvalue weighted by Gasteiger charge is 2.18. The molecule has 1 amide bonds. The van der Waals surface area contributed by atoms with Crippen LogP contribution in [0.1, 0.15) is 5.56 Å². The van der Waals surface area contributed by atoms with Gasteiger partial charge in [0.25, 0.3) is 0 Å². The zero-order chi connectivity index (χ0) is 13.0. The number of carbonyl (C=O) groups is 1. The molecule has 1 aromatic carbocycles. The summed E-state index contributed by atoms with van der Waals surface area (Å²) in [7, 11) is 3.73. The van der Waals surface area contributed by atoms with Gasteiger partial charge in [0.15, 0.2) is 0 Å². The highest BCUT2D eigenvalue weighted by Crippen LogP contribution is 2.12. The number of methoxy groups -OCH3 is 1. The van der Waals surface area contributed by atoms with Crippen molar-refractivity contribution in [1.82, 2.24) is 9.80 Å². The Hall–Kier alpha value is -1.26. The van der Waals surface area contributed by atoms with E-state index in [4.69, 9.17) is 4.74 Å². The summed E-state index contributed by atoms with van der Waals surface area (Å²) in [5.74, 6) is 1.04. The van der Waals surface area contributed by atoms with Crippen molar-refractivity contribution in [3.63, 3.8) is 0 Å². The highest BCUT2D eigenvalue weighted by molar-refractivity contribution is 5.78. The lowest BCUT2D eigenvalue weighted by Gasteiger charge is -2.32. The van der Waals surface area contributed by atoms with Crippen LogP contribution in [0.5, 0.6) is 5.75 Å². The van der Waals surface area contributed by atoms with E-state index >= 15 is 0 Å². The van der Waals surface area contributed by atoms with Gasteiger partial charge in [-0.3, -0.25) is 4.79 Å². The van der Waals surface area contributed by atoms with Crippen molar-refractivity contribution < 1.29 is 21.9 Å². The van der Waals surface area contributed by atoms with Crippen molar-refractivity contribution in [3.8, 4) is 5.75 Å². The smallest absolute Gasteiger partial charge is 0.227 e. The minimum absolute atomic E-state index is 0. The van der Waals surface area contributed by atoms with Crippen molar-refractivity contribution in [3.05, 3.63) is 29.8 Å². The van der Waals surface area contributed by atoms with E-state index < -0.39 is 0 Å². The number of nitrogens with zero attached hydrogens (tertiary/aromatic N) is 2. The number of hydrogen-bond donors (Lipinski definition) is 0. The van der Waals surface area contributed by atoms with Crippen LogP contribution >= 0.6 is 0 Å². The minimum atomic E-state index is 0. The lowest BCUT2D eigenvalue weighted by atomic mass is 10.1. The monoisotopic (exact) mass is 283 g/mol. The fourth-order valence-electron chi connectivity index (χ4n) is 2.09. The molecule has 1 heterocycles. The third-order valence-electron chi connectivity index (χ3n) is 3.37. The third kappa shape index (κ3) is 4.40. The second kappa shape index (κ2) is 7.36. The predicted molar refractivity (Wildman–Crippen MR) is 70.8 cm³/mol. The summed E-state index contributed by atoms with van der Waals surface area (Å²) in [4.78, 5) is 16.3. The van der Waals surface area contributed by atoms with Gasteiger partial charge in [0.05, 0.1) is 13.5 Å². The van der Waals surface area contributed by atoms with Crippen molar-refractivity contribution in [2.45, 2.75) is 6.42 Å². The Morgan fingerprint density at radius 3 is 2.26 bits per heavy atom. The summed E-state index contributed by atoms with van der Waals surface area (Å²) >= 11 is 0. The van der Waals surface area contributed by atoms with Gasteiger partial charge in [-0.1, -0.05) is 12.1 Å². The number of amides is 1. The van der Waals surface area contributed by atoms with E-state index in [0.717, 1.165) is 37.5 Å². The molecule has 0 aromatic heterocycles. The maximum absolute atomic E-state index is 12.1. The zero-order valence-electron chi connectivity index (χ0n) is 11.4. The van der Waals surface area contributed by atoms with Gasteiger partial charge in [-0.25, -0.2) is 0 Å². The molecule has 0 N–H and O–H groups in total. The highest BCUT2D eigenvalue weighted by atomic mass is 35.5. The number of likely N-dealkylation sites (N-methyl/N-ethyl adjacent to an activating group) is 1. The van der Waals surface area contributed by atoms with Crippen molar-refractivity contribution in [2.75, 3.05) is 40.3 Å². The Balaban J connectivity index is 0.00000180. The van der Waals surface area contributed by atoms with Crippen molar-refractivity contribution in [1.29, 1.82) is 0 Å². The first-order valence-electron chi connectivity index (χ1n) is 6.28. The largest absolute Gasteiger partial charge is 1.00 e. The molecule has 2 rings (SSSR count). The van der Waals surface area contributed by atoms with Crippen LogP contribution in [0, 0.1) is 0 Å². The molecular weight excluding hydrogens is 264 g/mol. The van der Waals surface area contributed by atoms with Gasteiger partial charge in [-0.05, 0) is 24.7 Å². The molecule has 0 atom stereocenters. The Labute approximate surface area is 120 Å². The summed E-state index contributed by atoms with van der Waals surface area (Å²) in [5.41, 5.74) is 1.04. The van der Waals surface area contributed by atoms with E-state index in [1.165, 1.54) is 0 Å². The second-order valence-electron chi connectivity index (χ2n) is 4.71. The van der Waals surface area contributed by atoms with Gasteiger partial charge in [0.1, 0.15) is 5.75 Å². The maximum Gasteiger partial charge on any atom is 0.227 e. The summed E-state index contributed by atoms with van der Waals surface area (Å²) in [5, 5.41) is 0. The van der Waals surface area contributed by atoms with Crippen LogP contribution in [0.25, 0.3) is 0 Å². The molecule has 0 spiro atoms. The van der Waals surface area contributed by atoms with Crippen LogP contribution in [0.2, 0.25) is 0 Å². The number of benzene rings is 1. The topological polar surface area (TPSA) is 32.8 Å². The lowest BCUT2D eigenvalue weighted by Crippen LogP contribution is -3.00. The van der Waals surface area contributed by atoms with E-state index in [1.807, 2.05) is 29.2 Å². The predicted octanol–water partition coefficient (Wildman–Crippen LogP) is -1.98. The first-order chi connectivity index (χ1) is 8.69. The Bertz CT molecular complexity index is 400. The van der Waals surface area contributed by atoms with Crippen LogP contribution in [0.15, 0.2) is 24.3 Å². The van der Waals surface area contributed by atoms with E-state index in [0.29, 0.717) is 6.42 Å². The van der Waals surface area contributed by atoms with Crippen LogP contribution in [0.3, 0.4) is 0 Å². The Morgan fingerprint density at radius 1 is 1.16 bits per heavy atom. The molecular formula is C14H20ClN2O2-. The van der Waals surface area contributed by atoms with E-state index in [2.05, 4.69) is 11.9 Å². The van der Waals surface area contributed by atoms with Crippen LogP contribution < -0.4 is 17.1 Å². The maximum atomic E-state index is 12.1. The molecule has 0 aliphatic carbocycles. The van der Waals surface area contributed by atoms with Gasteiger partial charge in [-0.15, -0.1) is 0 Å². The molecule has 0 radical (unpaired) electrons. The Morgan fingerprint density at radius 2 is 1.74 bits per heavy atom. The molecule has 1 fully saturated rings. The molecule has 5 heteroatoms. The number of rotatable bonds is 3. The molecule has 1 aliphatic heterocycles. The molecule has 1 aliphatic rings. The lowest BCUT2D eigenvalue weighted by molar-refractivity contribution is -0.132. The average Bonchev–Trinajstić information content (AvgIpc) is 2.40. The first kappa shape index (κ1) is 15.8. The molecule has 0 bridgehead atoms. The van der Waals surface area contributed by atoms with Gasteiger partial charge >= 0.3 is 0 Å². The van der Waals surface area contributed by atoms with Gasteiger partial charge in [0, 0.05) is 26.2 Å². The normalized spacial score (nSPS) is 15.8. The molecule has 1 saturated heterocycles. The van der Waals surface area contributed by atoms with Crippen LogP contribution in [-0.4, -0.2) is 56.0 Å². The van der Waals surface area contributed by atoms with Crippen LogP contribution in [-0.2, 0) is 11.2 Å². The third-order valence-corrected chi connectivity index (χ3v) is 3.37. The quantitative estimate of drug-likeness (QED) is 0.644. The van der Waals surface area contributed by atoms with Crippen molar-refractivity contribution >= 4 is 5.91 Å². The molecule has 0 unspecified atom stereocenters. The Kier molecular flexibility index (Phi) is 6.12. The van der Waals surface area contributed by atoms with Crippen LogP contribution in [0.4, 0.5) is 0 Å². The molecule has 19 heavy (non-hydrogen) atoms. The molecule has 4 nitrogen and oxygen atoms in total. The summed E-state index contributed by atoms with van der Waals surface area (Å²) in [6.45, 7) is 3.61. The number of piperazine rings is 1. The van der Waals surface area contributed by atoms with Crippen molar-refractivity contribution in [2.24, 2.45) is 0 Å². The van der Waals surface area contributed by atoms with E-state index in [9.17, 15) is 4.79 Å². The second-order valence-corrected chi connectivity index (χ2v) is 4.71. The number of hydrogen-bond acceptors (Lipinski definition) is 3. The summed E-state index contributed by atoms with van der Waals surface area (Å²) < 4.78 is 5.10. The standard InChI is InChI=1S/C14H20N2O2.ClH/c1-15-7-9-16(10-8-15)14(17)11-12-3-5-13(18-2)6-4-12;/h3-6H,7-11H2,1-2H3;1H/p-1. The summed E-state index contributed by atoms with van der Waals surface area (Å²) in [6, 6.07) is 7.69. The number of carbonyl (C=O) groups excluding carboxylic acids is 1. The van der Waals surface area contributed by atoms with Gasteiger partial charge in [-0.2, -0.15) is 0 Å². The van der Waals surface area contributed by atoms with Gasteiger partial charge in [0.2, 0.25) is 5.91 Å². The SMILES string of the molecule is COc1ccc(CC(=O)N2CCN(C)CC2)cc1.[Cl-]. The first-order valence-corrected chi connectivity index (χ1v) is 6.28. The summed E-state index contributed by atoms with van der Waals surface area (Å²) in [6.07, 6.45) is 0.480. The zero-order valence-corrected chi connectivity index (χ0v) is 12.2. The number of ether oxygens (including phenoxy) is 1. The minimum Gasteiger partial charge on any atom is -1.00 e. The van der Waals surface area contributed by atoms with E-state index in [1.54, 1.807) is 7.11 Å². The van der Waals surface area contributed by atoms with Gasteiger partial charge < -0.3 is 26.9 Å². The molecule has 0 saturated carbocycles. The fraction of sp³-hybridized carbons (Fsp3) is 0.500. The fourth-order valence-corrected chi connectivity index (χ4v) is 2.09. The molecule has 1 aromatic rings. The number of halogens is 1. The molecule has 106 valence electrons. The van der Waals surface area contributed by atoms with E-state index in [-0.39, 0.29) is 18.3 Å².